The number of H-pyrrole nitrogens is 2. The molecule has 12 nitrogen and oxygen atoms in total. The number of nitrogens with one attached hydrogen (secondary N) is 2. The van der Waals surface area contributed by atoms with Gasteiger partial charge in [-0.2, -0.15) is 0 Å². The summed E-state index contributed by atoms with van der Waals surface area (Å²) in [5, 5.41) is 3.87. The Morgan fingerprint density at radius 1 is 0.263 bits per heavy atom. The van der Waals surface area contributed by atoms with Crippen LogP contribution in [0.4, 0.5) is 22.7 Å². The molecule has 6 aliphatic heterocycles. The highest BCUT2D eigenvalue weighted by atomic mass is 15.4. The molecule has 0 amide bonds. The highest BCUT2D eigenvalue weighted by Gasteiger charge is 2.39. The Morgan fingerprint density at radius 2 is 0.512 bits per heavy atom. The third-order valence-electron chi connectivity index (χ3n) is 18.9. The van der Waals surface area contributed by atoms with Crippen molar-refractivity contribution < 1.29 is 0 Å². The smallest absolute Gasteiger partial charge is 0.164 e. The van der Waals surface area contributed by atoms with E-state index >= 15 is 0 Å². The van der Waals surface area contributed by atoms with Crippen LogP contribution < -0.4 is 17.9 Å². The lowest BCUT2D eigenvalue weighted by Gasteiger charge is -2.29. The fraction of sp³-hybridized carbons (Fsp3) is 0.176. The van der Waals surface area contributed by atoms with Gasteiger partial charge in [0.25, 0.3) is 0 Å². The van der Waals surface area contributed by atoms with E-state index in [2.05, 4.69) is 208 Å². The van der Waals surface area contributed by atoms with E-state index in [9.17, 15) is 0 Å². The van der Waals surface area contributed by atoms with E-state index in [1.165, 1.54) is 67.3 Å². The van der Waals surface area contributed by atoms with Crippen LogP contribution in [0.3, 0.4) is 0 Å². The third-order valence-corrected chi connectivity index (χ3v) is 18.9. The lowest BCUT2D eigenvalue weighted by molar-refractivity contribution is 0.345. The molecule has 0 fully saturated rings. The topological polar surface area (TPSA) is 109 Å². The maximum atomic E-state index is 5.58. The van der Waals surface area contributed by atoms with Crippen LogP contribution in [0.15, 0.2) is 170 Å². The molecule has 0 aliphatic carbocycles. The van der Waals surface area contributed by atoms with Gasteiger partial charge in [-0.25, -0.2) is 29.9 Å². The Bertz CT molecular complexity index is 4320. The number of benzene rings is 8. The van der Waals surface area contributed by atoms with Crippen molar-refractivity contribution in [1.29, 1.82) is 0 Å². The van der Waals surface area contributed by atoms with E-state index in [1.54, 1.807) is 0 Å². The first-order valence-corrected chi connectivity index (χ1v) is 28.0. The second kappa shape index (κ2) is 16.3. The number of nitrogens with zero attached hydrogens (tertiary/aromatic N) is 10. The molecule has 12 heteroatoms. The second-order valence-corrected chi connectivity index (χ2v) is 24.5. The lowest BCUT2D eigenvalue weighted by Crippen LogP contribution is -2.38. The SMILES string of the molecule is C[N+]1(c2ccc3c(c2)-c2nc-3nc3[nH]c(nc4nc(nc5[nH]c(n2)c2ccc([N+]6(C)Cc7ccccc7C6)cc52)-c2ccc([N+]5(C)Cc6ccccc6C5)cc2-4)c2ccc([N+]4(C)Cc5ccccc5C4)cc32)Cc2ccccc2C1. The fourth-order valence-electron chi connectivity index (χ4n) is 14.5. The van der Waals surface area contributed by atoms with Gasteiger partial charge in [0.15, 0.2) is 23.3 Å². The Labute approximate surface area is 463 Å². The molecule has 17 rings (SSSR count). The Kier molecular flexibility index (Phi) is 9.35. The van der Waals surface area contributed by atoms with Gasteiger partial charge in [0.05, 0.1) is 28.2 Å². The van der Waals surface area contributed by atoms with E-state index < -0.39 is 0 Å². The molecule has 8 aromatic carbocycles. The van der Waals surface area contributed by atoms with Crippen molar-refractivity contribution in [2.75, 3.05) is 28.2 Å². The van der Waals surface area contributed by atoms with Gasteiger partial charge in [0, 0.05) is 113 Å². The van der Waals surface area contributed by atoms with Crippen LogP contribution in [0.25, 0.3) is 89.7 Å². The van der Waals surface area contributed by atoms with Crippen molar-refractivity contribution >= 4 is 66.9 Å². The lowest BCUT2D eigenvalue weighted by atomic mass is 10.1. The van der Waals surface area contributed by atoms with Crippen LogP contribution in [-0.2, 0) is 52.4 Å². The first-order valence-electron chi connectivity index (χ1n) is 28.0. The summed E-state index contributed by atoms with van der Waals surface area (Å²) >= 11 is 0. The van der Waals surface area contributed by atoms with Gasteiger partial charge in [0.2, 0.25) is 0 Å². The molecule has 6 aliphatic rings. The van der Waals surface area contributed by atoms with Gasteiger partial charge in [-0.15, -0.1) is 0 Å². The zero-order valence-electron chi connectivity index (χ0n) is 45.3. The Hall–Kier alpha value is -9.04. The summed E-state index contributed by atoms with van der Waals surface area (Å²) in [6.07, 6.45) is 0. The molecule has 2 N–H and O–H groups in total. The van der Waals surface area contributed by atoms with Crippen LogP contribution in [0.2, 0.25) is 0 Å². The fourth-order valence-corrected chi connectivity index (χ4v) is 14.5. The number of hydrogen-bond donors (Lipinski definition) is 2. The number of rotatable bonds is 4. The predicted molar refractivity (Wildman–Crippen MR) is 322 cm³/mol. The monoisotopic (exact) mass is 1040 g/mol. The van der Waals surface area contributed by atoms with Gasteiger partial charge in [-0.3, -0.25) is 17.9 Å². The third kappa shape index (κ3) is 6.89. The molecular formula is C68H58N12+4. The summed E-state index contributed by atoms with van der Waals surface area (Å²) in [6, 6.07) is 62.6. The molecule has 386 valence electrons. The largest absolute Gasteiger partial charge is 0.324 e. The van der Waals surface area contributed by atoms with Crippen LogP contribution in [0.5, 0.6) is 0 Å². The molecule has 0 radical (unpaired) electrons. The number of hydrogen-bond acceptors (Lipinski definition) is 6. The highest BCUT2D eigenvalue weighted by molar-refractivity contribution is 6.08. The summed E-state index contributed by atoms with van der Waals surface area (Å²) in [6.45, 7) is 7.25. The number of quaternary nitrogens is 4. The van der Waals surface area contributed by atoms with Crippen molar-refractivity contribution in [3.05, 3.63) is 214 Å². The van der Waals surface area contributed by atoms with E-state index in [0.717, 1.165) is 114 Å². The van der Waals surface area contributed by atoms with Gasteiger partial charge < -0.3 is 9.97 Å². The molecule has 9 heterocycles. The molecule has 0 saturated carbocycles. The average Bonchev–Trinajstić information content (AvgIpc) is 4.37. The minimum Gasteiger partial charge on any atom is -0.324 e. The Morgan fingerprint density at radius 3 is 0.812 bits per heavy atom. The Balaban J connectivity index is 0.924. The molecule has 11 aromatic rings. The van der Waals surface area contributed by atoms with E-state index in [4.69, 9.17) is 29.9 Å². The summed E-state index contributed by atoms with van der Waals surface area (Å²) < 4.78 is 2.99. The molecule has 8 bridgehead atoms. The molecule has 0 spiro atoms. The maximum absolute atomic E-state index is 5.58. The first-order chi connectivity index (χ1) is 38.9. The van der Waals surface area contributed by atoms with Gasteiger partial charge in [-0.1, -0.05) is 97.1 Å². The van der Waals surface area contributed by atoms with Crippen molar-refractivity contribution in [2.24, 2.45) is 0 Å². The standard InChI is InChI=1S/C68H58N12/c1-77(33-41-13-5-6-14-42(41)34-77)49-21-25-53-57(29-49)65-69-61(53)74-66-59-31-51(79(3)37-45-17-9-10-18-46(45)38-79)23-27-55(59)63(71-66)76-68-60-32-52(80(4)39-47-19-11-12-20-48(47)40-80)24-28-56(60)64(72-68)75-67-58-30-50(22-26-54(58)62(70-67)73-65)78(2)35-43-15-7-8-16-44(43)36-78/h5-32H,33-40H2,1-4H3,(H2,69,70,71,72,73,74,75,76)/q+4. The van der Waals surface area contributed by atoms with Crippen molar-refractivity contribution in [3.63, 3.8) is 0 Å². The van der Waals surface area contributed by atoms with Crippen molar-refractivity contribution in [1.82, 2.24) is 57.8 Å². The normalized spacial score (nSPS) is 17.2. The minimum absolute atomic E-state index is 0.598. The van der Waals surface area contributed by atoms with Gasteiger partial charge in [-0.05, 0) is 48.5 Å². The number of aromatic amines is 2. The molecule has 0 saturated heterocycles. The summed E-state index contributed by atoms with van der Waals surface area (Å²) in [5.41, 5.74) is 22.4. The zero-order chi connectivity index (χ0) is 53.3. The van der Waals surface area contributed by atoms with Crippen LogP contribution in [0, 0.1) is 0 Å². The first kappa shape index (κ1) is 45.9. The zero-order valence-corrected chi connectivity index (χ0v) is 45.3. The summed E-state index contributed by atoms with van der Waals surface area (Å²) in [7, 11) is 9.35. The van der Waals surface area contributed by atoms with E-state index in [0.29, 0.717) is 45.9 Å². The van der Waals surface area contributed by atoms with E-state index in [-0.39, 0.29) is 0 Å². The quantitative estimate of drug-likeness (QED) is 0.170. The molecule has 0 atom stereocenters. The molecule has 0 unspecified atom stereocenters. The number of fused-ring (bicyclic) bond motifs is 24. The highest BCUT2D eigenvalue weighted by Crippen LogP contribution is 2.46. The predicted octanol–water partition coefficient (Wildman–Crippen LogP) is 13.5. The second-order valence-electron chi connectivity index (χ2n) is 24.5. The minimum atomic E-state index is 0.598. The molecular weight excluding hydrogens is 985 g/mol. The number of aromatic nitrogens is 8. The van der Waals surface area contributed by atoms with Crippen molar-refractivity contribution in [2.45, 2.75) is 52.4 Å². The molecule has 80 heavy (non-hydrogen) atoms. The van der Waals surface area contributed by atoms with Crippen LogP contribution >= 0.6 is 0 Å². The maximum Gasteiger partial charge on any atom is 0.164 e. The van der Waals surface area contributed by atoms with Crippen LogP contribution in [0.1, 0.15) is 44.5 Å². The summed E-state index contributed by atoms with van der Waals surface area (Å²) in [5.74, 6) is 2.40. The average molecular weight is 1040 g/mol. The van der Waals surface area contributed by atoms with Gasteiger partial charge >= 0.3 is 0 Å². The van der Waals surface area contributed by atoms with Crippen LogP contribution in [-0.4, -0.2) is 68.1 Å². The molecule has 3 aromatic heterocycles. The van der Waals surface area contributed by atoms with E-state index in [1.807, 2.05) is 0 Å². The van der Waals surface area contributed by atoms with Crippen molar-refractivity contribution in [3.8, 4) is 45.6 Å². The summed E-state index contributed by atoms with van der Waals surface area (Å²) in [4.78, 5) is 40.8. The van der Waals surface area contributed by atoms with Gasteiger partial charge in [0.1, 0.15) is 97.7 Å².